The number of ether oxygens (including phenoxy) is 2. The predicted molar refractivity (Wildman–Crippen MR) is 114 cm³/mol. The van der Waals surface area contributed by atoms with Gasteiger partial charge in [0.05, 0.1) is 16.1 Å². The standard InChI is InChI=1S/C22H23N3O3S/c26-21(23-10-9-15-7-8-18-19(12-15)28-14-27-18)16-4-3-11-25(13-16)22-24-17-5-1-2-6-20(17)29-22/h1-2,5-8,12,16H,3-4,9-11,13-14H2,(H,23,26)/t16-/m1/s1. The van der Waals surface area contributed by atoms with Crippen LogP contribution in [0.25, 0.3) is 10.2 Å². The van der Waals surface area contributed by atoms with E-state index in [1.165, 1.54) is 4.70 Å². The van der Waals surface area contributed by atoms with E-state index in [-0.39, 0.29) is 18.6 Å². The highest BCUT2D eigenvalue weighted by Crippen LogP contribution is 2.33. The summed E-state index contributed by atoms with van der Waals surface area (Å²) in [6.45, 7) is 2.59. The summed E-state index contributed by atoms with van der Waals surface area (Å²) in [4.78, 5) is 19.7. The van der Waals surface area contributed by atoms with Gasteiger partial charge in [0.25, 0.3) is 0 Å². The SMILES string of the molecule is O=C(NCCc1ccc2c(c1)OCO2)[C@@H]1CCCN(c2nc3ccccc3s2)C1. The quantitative estimate of drug-likeness (QED) is 0.698. The third-order valence-corrected chi connectivity index (χ3v) is 6.59. The van der Waals surface area contributed by atoms with Crippen molar-refractivity contribution in [3.8, 4) is 11.5 Å². The smallest absolute Gasteiger partial charge is 0.231 e. The molecular weight excluding hydrogens is 386 g/mol. The van der Waals surface area contributed by atoms with Crippen molar-refractivity contribution in [3.05, 3.63) is 48.0 Å². The zero-order valence-electron chi connectivity index (χ0n) is 16.1. The molecule has 3 aromatic rings. The molecule has 3 heterocycles. The summed E-state index contributed by atoms with van der Waals surface area (Å²) in [6, 6.07) is 14.1. The zero-order valence-corrected chi connectivity index (χ0v) is 16.9. The largest absolute Gasteiger partial charge is 0.454 e. The Bertz CT molecular complexity index is 1000. The van der Waals surface area contributed by atoms with E-state index < -0.39 is 0 Å². The summed E-state index contributed by atoms with van der Waals surface area (Å²) < 4.78 is 12.0. The van der Waals surface area contributed by atoms with Crippen LogP contribution in [-0.4, -0.2) is 37.3 Å². The van der Waals surface area contributed by atoms with Gasteiger partial charge in [0.15, 0.2) is 16.6 Å². The number of amides is 1. The van der Waals surface area contributed by atoms with Gasteiger partial charge in [0, 0.05) is 19.6 Å². The minimum atomic E-state index is 0.00696. The molecule has 1 saturated heterocycles. The zero-order chi connectivity index (χ0) is 19.6. The van der Waals surface area contributed by atoms with E-state index in [9.17, 15) is 4.79 Å². The van der Waals surface area contributed by atoms with Crippen LogP contribution in [-0.2, 0) is 11.2 Å². The van der Waals surface area contributed by atoms with Crippen LogP contribution in [0.4, 0.5) is 5.13 Å². The minimum Gasteiger partial charge on any atom is -0.454 e. The third-order valence-electron chi connectivity index (χ3n) is 5.50. The van der Waals surface area contributed by atoms with E-state index in [0.717, 1.165) is 60.1 Å². The molecule has 1 aromatic heterocycles. The number of carbonyl (C=O) groups is 1. The molecule has 0 radical (unpaired) electrons. The van der Waals surface area contributed by atoms with Gasteiger partial charge in [-0.05, 0) is 49.1 Å². The number of fused-ring (bicyclic) bond motifs is 2. The first kappa shape index (κ1) is 18.2. The van der Waals surface area contributed by atoms with Crippen LogP contribution in [0.2, 0.25) is 0 Å². The van der Waals surface area contributed by atoms with E-state index in [2.05, 4.69) is 16.3 Å². The van der Waals surface area contributed by atoms with E-state index in [0.29, 0.717) is 6.54 Å². The average Bonchev–Trinajstić information content (AvgIpc) is 3.40. The highest BCUT2D eigenvalue weighted by Gasteiger charge is 2.27. The molecule has 29 heavy (non-hydrogen) atoms. The van der Waals surface area contributed by atoms with Gasteiger partial charge in [-0.1, -0.05) is 29.5 Å². The van der Waals surface area contributed by atoms with E-state index in [4.69, 9.17) is 14.5 Å². The molecule has 0 bridgehead atoms. The Morgan fingerprint density at radius 1 is 1.21 bits per heavy atom. The summed E-state index contributed by atoms with van der Waals surface area (Å²) in [5.41, 5.74) is 2.16. The maximum Gasteiger partial charge on any atom is 0.231 e. The molecule has 5 rings (SSSR count). The van der Waals surface area contributed by atoms with Gasteiger partial charge in [0.2, 0.25) is 12.7 Å². The number of nitrogens with zero attached hydrogens (tertiary/aromatic N) is 2. The molecule has 150 valence electrons. The van der Waals surface area contributed by atoms with Crippen molar-refractivity contribution in [2.75, 3.05) is 31.3 Å². The number of aromatic nitrogens is 1. The summed E-state index contributed by atoms with van der Waals surface area (Å²) in [6.07, 6.45) is 2.71. The predicted octanol–water partition coefficient (Wildman–Crippen LogP) is 3.60. The molecule has 0 unspecified atom stereocenters. The fourth-order valence-electron chi connectivity index (χ4n) is 3.93. The Morgan fingerprint density at radius 2 is 2.10 bits per heavy atom. The van der Waals surface area contributed by atoms with Crippen molar-refractivity contribution in [2.24, 2.45) is 5.92 Å². The van der Waals surface area contributed by atoms with Crippen LogP contribution in [0.15, 0.2) is 42.5 Å². The lowest BCUT2D eigenvalue weighted by Crippen LogP contribution is -2.43. The second-order valence-electron chi connectivity index (χ2n) is 7.48. The fraction of sp³-hybridized carbons (Fsp3) is 0.364. The molecule has 2 aliphatic heterocycles. The van der Waals surface area contributed by atoms with Crippen molar-refractivity contribution < 1.29 is 14.3 Å². The average molecular weight is 410 g/mol. The number of benzene rings is 2. The molecular formula is C22H23N3O3S. The first-order valence-corrected chi connectivity index (χ1v) is 10.8. The highest BCUT2D eigenvalue weighted by molar-refractivity contribution is 7.22. The molecule has 1 atom stereocenters. The molecule has 1 amide bonds. The van der Waals surface area contributed by atoms with Crippen molar-refractivity contribution in [1.29, 1.82) is 0 Å². The molecule has 2 aromatic carbocycles. The number of nitrogens with one attached hydrogen (secondary N) is 1. The number of thiazole rings is 1. The normalized spacial score (nSPS) is 18.2. The second-order valence-corrected chi connectivity index (χ2v) is 8.49. The lowest BCUT2D eigenvalue weighted by Gasteiger charge is -2.31. The van der Waals surface area contributed by atoms with Crippen molar-refractivity contribution >= 4 is 32.6 Å². The summed E-state index contributed by atoms with van der Waals surface area (Å²) in [5, 5.41) is 4.13. The van der Waals surface area contributed by atoms with Gasteiger partial charge in [-0.3, -0.25) is 4.79 Å². The van der Waals surface area contributed by atoms with Crippen molar-refractivity contribution in [2.45, 2.75) is 19.3 Å². The van der Waals surface area contributed by atoms with Crippen LogP contribution >= 0.6 is 11.3 Å². The summed E-state index contributed by atoms with van der Waals surface area (Å²) in [5.74, 6) is 1.71. The first-order chi connectivity index (χ1) is 14.3. The van der Waals surface area contributed by atoms with Gasteiger partial charge in [-0.25, -0.2) is 4.98 Å². The molecule has 1 fully saturated rings. The fourth-order valence-corrected chi connectivity index (χ4v) is 4.93. The van der Waals surface area contributed by atoms with Gasteiger partial charge in [-0.2, -0.15) is 0 Å². The van der Waals surface area contributed by atoms with Crippen LogP contribution in [0.1, 0.15) is 18.4 Å². The molecule has 0 saturated carbocycles. The molecule has 7 heteroatoms. The number of piperidine rings is 1. The molecule has 1 N–H and O–H groups in total. The van der Waals surface area contributed by atoms with Gasteiger partial charge < -0.3 is 19.7 Å². The highest BCUT2D eigenvalue weighted by atomic mass is 32.1. The number of hydrogen-bond acceptors (Lipinski definition) is 6. The molecule has 0 spiro atoms. The van der Waals surface area contributed by atoms with Crippen LogP contribution in [0, 0.1) is 5.92 Å². The minimum absolute atomic E-state index is 0.00696. The van der Waals surface area contributed by atoms with E-state index in [1.807, 2.05) is 36.4 Å². The van der Waals surface area contributed by atoms with Crippen LogP contribution < -0.4 is 19.7 Å². The van der Waals surface area contributed by atoms with Gasteiger partial charge >= 0.3 is 0 Å². The lowest BCUT2D eigenvalue weighted by atomic mass is 9.97. The third kappa shape index (κ3) is 3.87. The molecule has 6 nitrogen and oxygen atoms in total. The Hall–Kier alpha value is -2.80. The summed E-state index contributed by atoms with van der Waals surface area (Å²) >= 11 is 1.70. The Morgan fingerprint density at radius 3 is 3.03 bits per heavy atom. The van der Waals surface area contributed by atoms with Crippen LogP contribution in [0.5, 0.6) is 11.5 Å². The maximum absolute atomic E-state index is 12.7. The topological polar surface area (TPSA) is 63.7 Å². The van der Waals surface area contributed by atoms with Crippen molar-refractivity contribution in [1.82, 2.24) is 10.3 Å². The number of rotatable bonds is 5. The Labute approximate surface area is 173 Å². The Balaban J connectivity index is 1.16. The number of para-hydroxylation sites is 1. The molecule has 0 aliphatic carbocycles. The van der Waals surface area contributed by atoms with Gasteiger partial charge in [-0.15, -0.1) is 0 Å². The maximum atomic E-state index is 12.7. The number of hydrogen-bond donors (Lipinski definition) is 1. The first-order valence-electron chi connectivity index (χ1n) is 10.0. The molecule has 2 aliphatic rings. The van der Waals surface area contributed by atoms with E-state index >= 15 is 0 Å². The summed E-state index contributed by atoms with van der Waals surface area (Å²) in [7, 11) is 0. The Kier molecular flexibility index (Phi) is 4.97. The number of anilines is 1. The van der Waals surface area contributed by atoms with Crippen molar-refractivity contribution in [3.63, 3.8) is 0 Å². The van der Waals surface area contributed by atoms with E-state index in [1.54, 1.807) is 11.3 Å². The second kappa shape index (κ2) is 7.91. The van der Waals surface area contributed by atoms with Crippen LogP contribution in [0.3, 0.4) is 0 Å². The monoisotopic (exact) mass is 409 g/mol. The lowest BCUT2D eigenvalue weighted by molar-refractivity contribution is -0.125. The van der Waals surface area contributed by atoms with Gasteiger partial charge in [0.1, 0.15) is 0 Å². The number of carbonyl (C=O) groups excluding carboxylic acids is 1.